The van der Waals surface area contributed by atoms with Gasteiger partial charge in [-0.25, -0.2) is 0 Å². The van der Waals surface area contributed by atoms with E-state index in [4.69, 9.17) is 0 Å². The van der Waals surface area contributed by atoms with Crippen LogP contribution in [0.3, 0.4) is 0 Å². The monoisotopic (exact) mass is 259 g/mol. The molecule has 0 amide bonds. The van der Waals surface area contributed by atoms with E-state index in [-0.39, 0.29) is 0 Å². The van der Waals surface area contributed by atoms with Gasteiger partial charge in [-0.1, -0.05) is 35.7 Å². The van der Waals surface area contributed by atoms with E-state index >= 15 is 0 Å². The first-order valence-electron chi connectivity index (χ1n) is 6.12. The number of hydrogen-bond acceptors (Lipinski definition) is 1. The maximum absolute atomic E-state index is 3.77. The molecule has 1 saturated heterocycles. The Labute approximate surface area is 96.4 Å². The molecule has 82 valence electrons. The molecule has 0 radical (unpaired) electrons. The van der Waals surface area contributed by atoms with Crippen molar-refractivity contribution in [1.29, 1.82) is 0 Å². The van der Waals surface area contributed by atoms with Crippen LogP contribution in [-0.4, -0.2) is 29.4 Å². The number of halogens is 1. The van der Waals surface area contributed by atoms with Crippen molar-refractivity contribution in [2.75, 3.05) is 19.6 Å². The highest BCUT2D eigenvalue weighted by atomic mass is 79.9. The van der Waals surface area contributed by atoms with Gasteiger partial charge in [-0.3, -0.25) is 0 Å². The largest absolute Gasteiger partial charge is 0.303 e. The summed E-state index contributed by atoms with van der Waals surface area (Å²) in [5, 5.41) is 0. The molecule has 1 heterocycles. The number of hydrogen-bond donors (Lipinski definition) is 0. The second-order valence-corrected chi connectivity index (χ2v) is 6.37. The molecule has 2 aliphatic rings. The summed E-state index contributed by atoms with van der Waals surface area (Å²) < 4.78 is 0. The average Bonchev–Trinajstić information content (AvgIpc) is 2.64. The number of alkyl halides is 1. The van der Waals surface area contributed by atoms with Gasteiger partial charge in [-0.15, -0.1) is 0 Å². The first-order chi connectivity index (χ1) is 6.75. The van der Waals surface area contributed by atoms with Crippen molar-refractivity contribution in [3.63, 3.8) is 0 Å². The summed E-state index contributed by atoms with van der Waals surface area (Å²) >= 11 is 3.77. The molecule has 1 nitrogen and oxygen atoms in total. The summed E-state index contributed by atoms with van der Waals surface area (Å²) in [5.41, 5.74) is 0. The molecule has 14 heavy (non-hydrogen) atoms. The maximum atomic E-state index is 3.77. The van der Waals surface area contributed by atoms with Crippen LogP contribution in [0.25, 0.3) is 0 Å². The lowest BCUT2D eigenvalue weighted by molar-refractivity contribution is 0.165. The van der Waals surface area contributed by atoms with Gasteiger partial charge in [-0.05, 0) is 37.6 Å². The van der Waals surface area contributed by atoms with Gasteiger partial charge in [-0.2, -0.15) is 0 Å². The minimum Gasteiger partial charge on any atom is -0.303 e. The van der Waals surface area contributed by atoms with Crippen LogP contribution in [0.4, 0.5) is 0 Å². The summed E-state index contributed by atoms with van der Waals surface area (Å²) in [6.45, 7) is 6.38. The predicted octanol–water partition coefficient (Wildman–Crippen LogP) is 3.28. The zero-order chi connectivity index (χ0) is 9.97. The van der Waals surface area contributed by atoms with Crippen molar-refractivity contribution in [2.45, 2.75) is 43.9 Å². The summed E-state index contributed by atoms with van der Waals surface area (Å²) in [6.07, 6.45) is 7.28. The van der Waals surface area contributed by atoms with E-state index in [2.05, 4.69) is 27.8 Å². The fourth-order valence-electron chi connectivity index (χ4n) is 2.93. The summed E-state index contributed by atoms with van der Waals surface area (Å²) in [5.74, 6) is 1.86. The van der Waals surface area contributed by atoms with E-state index in [1.165, 1.54) is 51.7 Å². The molecule has 0 aromatic rings. The van der Waals surface area contributed by atoms with Crippen LogP contribution in [0.5, 0.6) is 0 Å². The van der Waals surface area contributed by atoms with Gasteiger partial charge in [0.2, 0.25) is 0 Å². The Morgan fingerprint density at radius 3 is 2.57 bits per heavy atom. The van der Waals surface area contributed by atoms with Gasteiger partial charge in [0, 0.05) is 17.9 Å². The number of rotatable bonds is 2. The molecule has 1 saturated carbocycles. The van der Waals surface area contributed by atoms with Gasteiger partial charge in [0.15, 0.2) is 0 Å². The van der Waals surface area contributed by atoms with Crippen LogP contribution >= 0.6 is 15.9 Å². The van der Waals surface area contributed by atoms with Crippen LogP contribution in [0.1, 0.15) is 39.0 Å². The summed E-state index contributed by atoms with van der Waals surface area (Å²) in [4.78, 5) is 3.46. The molecule has 0 aromatic heterocycles. The van der Waals surface area contributed by atoms with E-state index in [1.807, 2.05) is 0 Å². The topological polar surface area (TPSA) is 3.24 Å². The minimum absolute atomic E-state index is 0.766. The third kappa shape index (κ3) is 2.73. The van der Waals surface area contributed by atoms with Gasteiger partial charge < -0.3 is 4.90 Å². The average molecular weight is 260 g/mol. The molecule has 0 N–H and O–H groups in total. The Hall–Kier alpha value is 0.440. The number of nitrogens with zero attached hydrogens (tertiary/aromatic N) is 1. The third-order valence-electron chi connectivity index (χ3n) is 3.88. The molecule has 2 unspecified atom stereocenters. The zero-order valence-electron chi connectivity index (χ0n) is 9.21. The Bertz CT molecular complexity index is 177. The van der Waals surface area contributed by atoms with Gasteiger partial charge in [0.1, 0.15) is 0 Å². The lowest BCUT2D eigenvalue weighted by atomic mass is 9.98. The Kier molecular flexibility index (Phi) is 3.89. The first kappa shape index (κ1) is 10.9. The van der Waals surface area contributed by atoms with Crippen molar-refractivity contribution < 1.29 is 0 Å². The lowest BCUT2D eigenvalue weighted by Gasteiger charge is -2.35. The van der Waals surface area contributed by atoms with Crippen LogP contribution in [0.2, 0.25) is 0 Å². The fourth-order valence-corrected chi connectivity index (χ4v) is 3.30. The Balaban J connectivity index is 1.75. The van der Waals surface area contributed by atoms with E-state index in [0.717, 1.165) is 16.7 Å². The molecule has 1 aliphatic carbocycles. The highest BCUT2D eigenvalue weighted by molar-refractivity contribution is 9.09. The quantitative estimate of drug-likeness (QED) is 0.689. The maximum Gasteiger partial charge on any atom is 0.0195 e. The van der Waals surface area contributed by atoms with E-state index < -0.39 is 0 Å². The molecule has 0 aromatic carbocycles. The number of likely N-dealkylation sites (tertiary alicyclic amines) is 1. The Morgan fingerprint density at radius 2 is 1.93 bits per heavy atom. The van der Waals surface area contributed by atoms with Gasteiger partial charge >= 0.3 is 0 Å². The second-order valence-electron chi connectivity index (χ2n) is 5.19. The molecular formula is C12H22BrN. The van der Waals surface area contributed by atoms with Crippen LogP contribution in [-0.2, 0) is 0 Å². The van der Waals surface area contributed by atoms with Crippen molar-refractivity contribution >= 4 is 15.9 Å². The normalized spacial score (nSPS) is 36.4. The minimum atomic E-state index is 0.766. The van der Waals surface area contributed by atoms with Gasteiger partial charge in [0.05, 0.1) is 0 Å². The van der Waals surface area contributed by atoms with E-state index in [0.29, 0.717) is 0 Å². The molecule has 0 bridgehead atoms. The molecule has 2 rings (SSSR count). The fraction of sp³-hybridized carbons (Fsp3) is 1.00. The third-order valence-corrected chi connectivity index (χ3v) is 5.24. The molecule has 1 aliphatic heterocycles. The SMILES string of the molecule is CC1CN(CC2CCCC2)CCC1Br. The van der Waals surface area contributed by atoms with Crippen molar-refractivity contribution in [3.05, 3.63) is 0 Å². The zero-order valence-corrected chi connectivity index (χ0v) is 10.8. The number of piperidine rings is 1. The summed E-state index contributed by atoms with van der Waals surface area (Å²) in [6, 6.07) is 0. The van der Waals surface area contributed by atoms with Gasteiger partial charge in [0.25, 0.3) is 0 Å². The second kappa shape index (κ2) is 4.98. The molecule has 0 spiro atoms. The van der Waals surface area contributed by atoms with Crippen LogP contribution < -0.4 is 0 Å². The molecular weight excluding hydrogens is 238 g/mol. The highest BCUT2D eigenvalue weighted by Crippen LogP contribution is 2.28. The van der Waals surface area contributed by atoms with Crippen molar-refractivity contribution in [1.82, 2.24) is 4.90 Å². The predicted molar refractivity (Wildman–Crippen MR) is 64.9 cm³/mol. The lowest BCUT2D eigenvalue weighted by Crippen LogP contribution is -2.41. The first-order valence-corrected chi connectivity index (χ1v) is 7.03. The highest BCUT2D eigenvalue weighted by Gasteiger charge is 2.26. The van der Waals surface area contributed by atoms with E-state index in [1.54, 1.807) is 0 Å². The summed E-state index contributed by atoms with van der Waals surface area (Å²) in [7, 11) is 0. The van der Waals surface area contributed by atoms with Crippen LogP contribution in [0, 0.1) is 11.8 Å². The van der Waals surface area contributed by atoms with Crippen molar-refractivity contribution in [3.8, 4) is 0 Å². The van der Waals surface area contributed by atoms with E-state index in [9.17, 15) is 0 Å². The molecule has 2 fully saturated rings. The van der Waals surface area contributed by atoms with Crippen molar-refractivity contribution in [2.24, 2.45) is 11.8 Å². The Morgan fingerprint density at radius 1 is 1.21 bits per heavy atom. The van der Waals surface area contributed by atoms with Crippen LogP contribution in [0.15, 0.2) is 0 Å². The molecule has 2 heteroatoms. The standard InChI is InChI=1S/C12H22BrN/c1-10-8-14(7-6-12(10)13)9-11-4-2-3-5-11/h10-12H,2-9H2,1H3. The smallest absolute Gasteiger partial charge is 0.0195 e. The molecule has 2 atom stereocenters.